The molecule has 28 heavy (non-hydrogen) atoms. The summed E-state index contributed by atoms with van der Waals surface area (Å²) >= 11 is 6.30. The van der Waals surface area contributed by atoms with Crippen LogP contribution < -0.4 is 10.3 Å². The van der Waals surface area contributed by atoms with Crippen molar-refractivity contribution in [2.24, 2.45) is 0 Å². The third kappa shape index (κ3) is 3.75. The second kappa shape index (κ2) is 8.05. The van der Waals surface area contributed by atoms with Crippen molar-refractivity contribution in [2.45, 2.75) is 25.9 Å². The second-order valence-electron chi connectivity index (χ2n) is 6.13. The lowest BCUT2D eigenvalue weighted by Crippen LogP contribution is -2.27. The summed E-state index contributed by atoms with van der Waals surface area (Å²) in [5.74, 6) is -3.67. The van der Waals surface area contributed by atoms with Crippen LogP contribution in [-0.4, -0.2) is 34.2 Å². The minimum atomic E-state index is -1.26. The molecule has 2 aromatic rings. The lowest BCUT2D eigenvalue weighted by Gasteiger charge is -2.17. The normalized spacial score (nSPS) is 13.9. The zero-order valence-corrected chi connectivity index (χ0v) is 15.6. The van der Waals surface area contributed by atoms with Crippen molar-refractivity contribution in [1.29, 1.82) is 0 Å². The van der Waals surface area contributed by atoms with Crippen molar-refractivity contribution < 1.29 is 28.2 Å². The lowest BCUT2D eigenvalue weighted by molar-refractivity contribution is -0.131. The third-order valence-corrected chi connectivity index (χ3v) is 4.75. The predicted molar refractivity (Wildman–Crippen MR) is 96.5 cm³/mol. The van der Waals surface area contributed by atoms with Gasteiger partial charge in [0.15, 0.2) is 11.6 Å². The first kappa shape index (κ1) is 19.9. The summed E-state index contributed by atoms with van der Waals surface area (Å²) < 4.78 is 41.7. The number of hydrogen-bond acceptors (Lipinski definition) is 4. The third-order valence-electron chi connectivity index (χ3n) is 4.37. The SMILES string of the molecule is CO/C(=C/C(=O)O)COc1cc(-c2c(Cl)n3n(c2=O)CCCC3)c(F)cc1F. The van der Waals surface area contributed by atoms with Crippen molar-refractivity contribution in [2.75, 3.05) is 13.7 Å². The van der Waals surface area contributed by atoms with Gasteiger partial charge in [0.05, 0.1) is 18.7 Å². The van der Waals surface area contributed by atoms with E-state index in [-0.39, 0.29) is 27.8 Å². The number of halogens is 3. The van der Waals surface area contributed by atoms with E-state index in [0.29, 0.717) is 19.2 Å². The van der Waals surface area contributed by atoms with Crippen LogP contribution in [0.1, 0.15) is 12.8 Å². The maximum Gasteiger partial charge on any atom is 0.331 e. The number of hydrogen-bond donors (Lipinski definition) is 1. The molecular weight excluding hydrogens is 398 g/mol. The van der Waals surface area contributed by atoms with Crippen molar-refractivity contribution in [1.82, 2.24) is 9.36 Å². The number of aliphatic carboxylic acids is 1. The number of ether oxygens (including phenoxy) is 2. The molecule has 10 heteroatoms. The van der Waals surface area contributed by atoms with Gasteiger partial charge in [0.1, 0.15) is 23.3 Å². The fourth-order valence-corrected chi connectivity index (χ4v) is 3.39. The summed E-state index contributed by atoms with van der Waals surface area (Å²) in [6.45, 7) is 0.586. The molecule has 0 atom stereocenters. The van der Waals surface area contributed by atoms with Crippen LogP contribution in [0.5, 0.6) is 5.75 Å². The molecule has 1 aromatic carbocycles. The fraction of sp³-hybridized carbons (Fsp3) is 0.333. The van der Waals surface area contributed by atoms with Gasteiger partial charge in [0.25, 0.3) is 5.56 Å². The number of aromatic nitrogens is 2. The first-order chi connectivity index (χ1) is 13.3. The van der Waals surface area contributed by atoms with Crippen LogP contribution in [0, 0.1) is 11.6 Å². The Balaban J connectivity index is 2.00. The summed E-state index contributed by atoms with van der Waals surface area (Å²) in [6.07, 6.45) is 2.40. The second-order valence-corrected chi connectivity index (χ2v) is 6.49. The van der Waals surface area contributed by atoms with Crippen LogP contribution in [0.3, 0.4) is 0 Å². The Morgan fingerprint density at radius 2 is 1.93 bits per heavy atom. The van der Waals surface area contributed by atoms with Gasteiger partial charge in [0.2, 0.25) is 0 Å². The first-order valence-corrected chi connectivity index (χ1v) is 8.80. The molecule has 1 aliphatic heterocycles. The van der Waals surface area contributed by atoms with Crippen molar-refractivity contribution in [3.63, 3.8) is 0 Å². The molecule has 0 bridgehead atoms. The van der Waals surface area contributed by atoms with Gasteiger partial charge in [-0.15, -0.1) is 0 Å². The summed E-state index contributed by atoms with van der Waals surface area (Å²) in [7, 11) is 1.23. The van der Waals surface area contributed by atoms with Crippen molar-refractivity contribution in [3.05, 3.63) is 51.1 Å². The van der Waals surface area contributed by atoms with Gasteiger partial charge in [-0.1, -0.05) is 11.6 Å². The van der Waals surface area contributed by atoms with Gasteiger partial charge in [0, 0.05) is 24.7 Å². The first-order valence-electron chi connectivity index (χ1n) is 8.42. The van der Waals surface area contributed by atoms with Gasteiger partial charge in [-0.3, -0.25) is 9.48 Å². The molecule has 150 valence electrons. The average Bonchev–Trinajstić information content (AvgIpc) is 2.91. The quantitative estimate of drug-likeness (QED) is 0.580. The predicted octanol–water partition coefficient (Wildman–Crippen LogP) is 3.04. The van der Waals surface area contributed by atoms with E-state index in [1.807, 2.05) is 0 Å². The molecule has 7 nitrogen and oxygen atoms in total. The van der Waals surface area contributed by atoms with E-state index in [2.05, 4.69) is 0 Å². The summed E-state index contributed by atoms with van der Waals surface area (Å²) in [4.78, 5) is 23.4. The number of benzene rings is 1. The number of nitrogens with zero attached hydrogens (tertiary/aromatic N) is 2. The molecule has 0 saturated heterocycles. The topological polar surface area (TPSA) is 82.7 Å². The van der Waals surface area contributed by atoms with Crippen LogP contribution in [-0.2, 0) is 22.6 Å². The van der Waals surface area contributed by atoms with Crippen molar-refractivity contribution in [3.8, 4) is 16.9 Å². The molecule has 0 spiro atoms. The highest BCUT2D eigenvalue weighted by Crippen LogP contribution is 2.33. The van der Waals surface area contributed by atoms with Gasteiger partial charge in [-0.25, -0.2) is 18.3 Å². The Morgan fingerprint density at radius 3 is 2.54 bits per heavy atom. The minimum Gasteiger partial charge on any atom is -0.497 e. The van der Waals surface area contributed by atoms with E-state index >= 15 is 0 Å². The fourth-order valence-electron chi connectivity index (χ4n) is 3.03. The Hall–Kier alpha value is -2.81. The number of methoxy groups -OCH3 is 1. The van der Waals surface area contributed by atoms with Crippen LogP contribution in [0.25, 0.3) is 11.1 Å². The van der Waals surface area contributed by atoms with Gasteiger partial charge < -0.3 is 14.6 Å². The Labute approximate surface area is 163 Å². The maximum absolute atomic E-state index is 14.5. The van der Waals surface area contributed by atoms with Crippen molar-refractivity contribution >= 4 is 17.6 Å². The largest absolute Gasteiger partial charge is 0.497 e. The number of fused-ring (bicyclic) bond motifs is 1. The zero-order chi connectivity index (χ0) is 20.4. The molecular formula is C18H17ClF2N2O5. The average molecular weight is 415 g/mol. The number of carboxylic acids is 1. The highest BCUT2D eigenvalue weighted by Gasteiger charge is 2.25. The molecule has 0 fully saturated rings. The Morgan fingerprint density at radius 1 is 1.25 bits per heavy atom. The molecule has 0 unspecified atom stereocenters. The molecule has 3 rings (SSSR count). The van der Waals surface area contributed by atoms with E-state index in [0.717, 1.165) is 25.0 Å². The molecule has 0 saturated carbocycles. The van der Waals surface area contributed by atoms with E-state index in [1.54, 1.807) is 4.68 Å². The Kier molecular flexibility index (Phi) is 5.73. The standard InChI is InChI=1S/C18H17ClF2N2O5/c1-27-10(6-15(24)25)9-28-14-7-11(12(20)8-13(14)21)16-17(19)22-4-2-3-5-23(22)18(16)26/h6-8H,2-5,9H2,1H3,(H,24,25)/b10-6+. The van der Waals surface area contributed by atoms with Gasteiger partial charge in [-0.2, -0.15) is 0 Å². The van der Waals surface area contributed by atoms with Crippen LogP contribution in [0.15, 0.2) is 28.8 Å². The van der Waals surface area contributed by atoms with E-state index in [4.69, 9.17) is 26.2 Å². The Bertz CT molecular complexity index is 1010. The highest BCUT2D eigenvalue weighted by atomic mass is 35.5. The number of carbonyl (C=O) groups is 1. The molecule has 1 aliphatic rings. The van der Waals surface area contributed by atoms with Gasteiger partial charge >= 0.3 is 5.97 Å². The summed E-state index contributed by atoms with van der Waals surface area (Å²) in [5.41, 5.74) is -0.731. The monoisotopic (exact) mass is 414 g/mol. The van der Waals surface area contributed by atoms with Crippen LogP contribution >= 0.6 is 11.6 Å². The number of carboxylic acid groups (broad SMARTS) is 1. The zero-order valence-electron chi connectivity index (χ0n) is 14.9. The lowest BCUT2D eigenvalue weighted by atomic mass is 10.1. The summed E-state index contributed by atoms with van der Waals surface area (Å²) in [5, 5.41) is 8.82. The maximum atomic E-state index is 14.5. The summed E-state index contributed by atoms with van der Waals surface area (Å²) in [6, 6.07) is 1.63. The van der Waals surface area contributed by atoms with Crippen LogP contribution in [0.4, 0.5) is 8.78 Å². The van der Waals surface area contributed by atoms with E-state index < -0.39 is 29.8 Å². The smallest absolute Gasteiger partial charge is 0.331 e. The minimum absolute atomic E-state index is 0.0704. The highest BCUT2D eigenvalue weighted by molar-refractivity contribution is 6.32. The molecule has 2 heterocycles. The van der Waals surface area contributed by atoms with Crippen LogP contribution in [0.2, 0.25) is 5.15 Å². The van der Waals surface area contributed by atoms with E-state index in [1.165, 1.54) is 11.8 Å². The molecule has 0 aliphatic carbocycles. The molecule has 0 amide bonds. The molecule has 1 aromatic heterocycles. The molecule has 1 N–H and O–H groups in total. The molecule has 0 radical (unpaired) electrons. The van der Waals surface area contributed by atoms with Gasteiger partial charge in [-0.05, 0) is 18.9 Å². The van der Waals surface area contributed by atoms with E-state index in [9.17, 15) is 18.4 Å². The number of rotatable bonds is 6.